The molecule has 0 heterocycles. The van der Waals surface area contributed by atoms with Crippen LogP contribution in [-0.2, 0) is 14.3 Å². The number of aliphatic hydroxyl groups is 2. The Morgan fingerprint density at radius 1 is 0.476 bits per heavy atom. The summed E-state index contributed by atoms with van der Waals surface area (Å²) in [7, 11) is 0. The molecule has 0 aliphatic rings. The fraction of sp³-hybridized carbons (Fsp3) is 0.789. The molecule has 0 aromatic heterocycles. The van der Waals surface area contributed by atoms with Gasteiger partial charge in [0.1, 0.15) is 6.10 Å². The topological polar surface area (TPSA) is 95.9 Å². The number of ether oxygens (including phenoxy) is 1. The predicted molar refractivity (Wildman–Crippen MR) is 273 cm³/mol. The van der Waals surface area contributed by atoms with Crippen LogP contribution in [0.25, 0.3) is 0 Å². The van der Waals surface area contributed by atoms with Crippen molar-refractivity contribution in [1.82, 2.24) is 5.32 Å². The lowest BCUT2D eigenvalue weighted by atomic mass is 10.0. The number of esters is 1. The van der Waals surface area contributed by atoms with Gasteiger partial charge in [0.2, 0.25) is 5.91 Å². The van der Waals surface area contributed by atoms with Crippen molar-refractivity contribution in [2.45, 2.75) is 283 Å². The highest BCUT2D eigenvalue weighted by atomic mass is 16.5. The maximum absolute atomic E-state index is 13.2. The Bertz CT molecular complexity index is 1130. The van der Waals surface area contributed by atoms with Crippen molar-refractivity contribution >= 4 is 11.9 Å². The second-order valence-electron chi connectivity index (χ2n) is 18.3. The van der Waals surface area contributed by atoms with Crippen molar-refractivity contribution in [3.05, 3.63) is 60.8 Å². The van der Waals surface area contributed by atoms with Crippen LogP contribution in [0.1, 0.15) is 265 Å². The number of carbonyl (C=O) groups is 2. The highest BCUT2D eigenvalue weighted by Crippen LogP contribution is 2.16. The molecule has 3 atom stereocenters. The van der Waals surface area contributed by atoms with Crippen LogP contribution in [0, 0.1) is 0 Å². The molecule has 0 aromatic rings. The van der Waals surface area contributed by atoms with Gasteiger partial charge in [-0.3, -0.25) is 9.59 Å². The summed E-state index contributed by atoms with van der Waals surface area (Å²) in [6.07, 6.45) is 63.1. The van der Waals surface area contributed by atoms with Crippen molar-refractivity contribution in [2.24, 2.45) is 0 Å². The molecule has 0 spiro atoms. The molecule has 0 aliphatic carbocycles. The molecule has 0 bridgehead atoms. The quantitative estimate of drug-likeness (QED) is 0.0321. The van der Waals surface area contributed by atoms with Crippen molar-refractivity contribution in [2.75, 3.05) is 6.61 Å². The minimum absolute atomic E-state index is 0.0384. The fourth-order valence-electron chi connectivity index (χ4n) is 7.93. The Balaban J connectivity index is 4.59. The first-order valence-electron chi connectivity index (χ1n) is 27.0. The van der Waals surface area contributed by atoms with Gasteiger partial charge in [-0.25, -0.2) is 0 Å². The number of allylic oxidation sites excluding steroid dienone is 9. The number of nitrogens with one attached hydrogen (secondary N) is 1. The molecule has 3 unspecified atom stereocenters. The fourth-order valence-corrected chi connectivity index (χ4v) is 7.93. The SMILES string of the molecule is CCCCC/C=C\C/C=C\C/C=C\CCCCCCC(=O)OC(/C=C/C/C=C\CCCCCCCC)CC(=O)NC(CO)C(O)CCCCCCCCCCCCCCCCCC. The lowest BCUT2D eigenvalue weighted by Gasteiger charge is -2.23. The van der Waals surface area contributed by atoms with Crippen LogP contribution in [0.15, 0.2) is 60.8 Å². The first kappa shape index (κ1) is 60.6. The van der Waals surface area contributed by atoms with Crippen LogP contribution in [0.2, 0.25) is 0 Å². The average Bonchev–Trinajstić information content (AvgIpc) is 3.28. The van der Waals surface area contributed by atoms with Gasteiger partial charge in [0, 0.05) is 6.42 Å². The molecule has 0 rings (SSSR count). The molecule has 0 aliphatic heterocycles. The number of carbonyl (C=O) groups excluding carboxylic acids is 2. The zero-order valence-electron chi connectivity index (χ0n) is 41.7. The maximum Gasteiger partial charge on any atom is 0.306 e. The van der Waals surface area contributed by atoms with Gasteiger partial charge >= 0.3 is 5.97 Å². The van der Waals surface area contributed by atoms with E-state index in [0.717, 1.165) is 70.6 Å². The molecule has 63 heavy (non-hydrogen) atoms. The van der Waals surface area contributed by atoms with Crippen LogP contribution in [-0.4, -0.2) is 46.9 Å². The Morgan fingerprint density at radius 3 is 1.30 bits per heavy atom. The first-order valence-corrected chi connectivity index (χ1v) is 27.0. The molecular weight excluding hydrogens is 779 g/mol. The maximum atomic E-state index is 13.2. The number of amides is 1. The molecular formula is C57H103NO5. The smallest absolute Gasteiger partial charge is 0.306 e. The van der Waals surface area contributed by atoms with Gasteiger partial charge in [0.15, 0.2) is 0 Å². The van der Waals surface area contributed by atoms with E-state index in [1.54, 1.807) is 0 Å². The highest BCUT2D eigenvalue weighted by Gasteiger charge is 2.23. The molecule has 0 radical (unpaired) electrons. The van der Waals surface area contributed by atoms with E-state index in [1.807, 2.05) is 12.2 Å². The van der Waals surface area contributed by atoms with Crippen LogP contribution in [0.3, 0.4) is 0 Å². The van der Waals surface area contributed by atoms with E-state index in [-0.39, 0.29) is 24.9 Å². The number of hydrogen-bond acceptors (Lipinski definition) is 5. The number of rotatable bonds is 48. The average molecular weight is 882 g/mol. The molecule has 366 valence electrons. The molecule has 6 nitrogen and oxygen atoms in total. The second-order valence-corrected chi connectivity index (χ2v) is 18.3. The highest BCUT2D eigenvalue weighted by molar-refractivity contribution is 5.78. The van der Waals surface area contributed by atoms with E-state index in [1.165, 1.54) is 148 Å². The molecule has 3 N–H and O–H groups in total. The summed E-state index contributed by atoms with van der Waals surface area (Å²) >= 11 is 0. The first-order chi connectivity index (χ1) is 31.0. The van der Waals surface area contributed by atoms with Crippen LogP contribution in [0.4, 0.5) is 0 Å². The van der Waals surface area contributed by atoms with Crippen molar-refractivity contribution in [3.8, 4) is 0 Å². The van der Waals surface area contributed by atoms with E-state index >= 15 is 0 Å². The summed E-state index contributed by atoms with van der Waals surface area (Å²) in [6, 6.07) is -0.738. The third-order valence-electron chi connectivity index (χ3n) is 12.1. The van der Waals surface area contributed by atoms with E-state index in [4.69, 9.17) is 4.74 Å². The predicted octanol–water partition coefficient (Wildman–Crippen LogP) is 16.4. The number of unbranched alkanes of at least 4 members (excludes halogenated alkanes) is 28. The normalized spacial score (nSPS) is 13.7. The summed E-state index contributed by atoms with van der Waals surface area (Å²) in [5.74, 6) is -0.625. The summed E-state index contributed by atoms with van der Waals surface area (Å²) in [4.78, 5) is 26.1. The third kappa shape index (κ3) is 45.9. The standard InChI is InChI=1S/C57H103NO5/c1-4-7-10-13-16-19-22-24-26-28-30-32-35-38-41-44-47-50-57(62)63-53(48-45-42-39-36-33-21-18-15-12-9-6-3)51-56(61)58-54(52-59)55(60)49-46-43-40-37-34-31-29-27-25-23-20-17-14-11-8-5-2/h16,19,24,26,30,32,36,39,45,48,53-55,59-60H,4-15,17-18,20-23,25,27-29,31,33-35,37-38,40-44,46-47,49-52H2,1-3H3,(H,58,61)/b19-16-,26-24-,32-30-,39-36-,48-45+. The van der Waals surface area contributed by atoms with Crippen LogP contribution in [0.5, 0.6) is 0 Å². The minimum Gasteiger partial charge on any atom is -0.458 e. The molecule has 0 saturated heterocycles. The lowest BCUT2D eigenvalue weighted by Crippen LogP contribution is -2.46. The van der Waals surface area contributed by atoms with Crippen molar-refractivity contribution < 1.29 is 24.5 Å². The summed E-state index contributed by atoms with van der Waals surface area (Å²) < 4.78 is 5.82. The van der Waals surface area contributed by atoms with Crippen molar-refractivity contribution in [3.63, 3.8) is 0 Å². The minimum atomic E-state index is -0.816. The second kappa shape index (κ2) is 50.6. The van der Waals surface area contributed by atoms with Crippen molar-refractivity contribution in [1.29, 1.82) is 0 Å². The van der Waals surface area contributed by atoms with Gasteiger partial charge in [0.05, 0.1) is 25.2 Å². The largest absolute Gasteiger partial charge is 0.458 e. The molecule has 1 amide bonds. The molecule has 6 heteroatoms. The van der Waals surface area contributed by atoms with E-state index in [2.05, 4.69) is 74.7 Å². The van der Waals surface area contributed by atoms with Crippen LogP contribution >= 0.6 is 0 Å². The monoisotopic (exact) mass is 882 g/mol. The van der Waals surface area contributed by atoms with E-state index in [0.29, 0.717) is 19.3 Å². The zero-order valence-corrected chi connectivity index (χ0v) is 41.7. The van der Waals surface area contributed by atoms with Gasteiger partial charge in [0.25, 0.3) is 0 Å². The molecule has 0 aromatic carbocycles. The number of hydrogen-bond donors (Lipinski definition) is 3. The van der Waals surface area contributed by atoms with E-state index in [9.17, 15) is 19.8 Å². The number of aliphatic hydroxyl groups excluding tert-OH is 2. The Hall–Kier alpha value is -2.44. The van der Waals surface area contributed by atoms with E-state index < -0.39 is 18.2 Å². The van der Waals surface area contributed by atoms with Gasteiger partial charge < -0.3 is 20.3 Å². The Kier molecular flexibility index (Phi) is 48.6. The molecule has 0 fully saturated rings. The lowest BCUT2D eigenvalue weighted by molar-refractivity contribution is -0.148. The van der Waals surface area contributed by atoms with Gasteiger partial charge in [-0.2, -0.15) is 0 Å². The molecule has 0 saturated carbocycles. The van der Waals surface area contributed by atoms with Gasteiger partial charge in [-0.1, -0.05) is 236 Å². The summed E-state index contributed by atoms with van der Waals surface area (Å²) in [6.45, 7) is 6.42. The van der Waals surface area contributed by atoms with Gasteiger partial charge in [-0.05, 0) is 76.7 Å². The Morgan fingerprint density at radius 2 is 0.841 bits per heavy atom. The summed E-state index contributed by atoms with van der Waals surface area (Å²) in [5.41, 5.74) is 0. The summed E-state index contributed by atoms with van der Waals surface area (Å²) in [5, 5.41) is 23.7. The zero-order chi connectivity index (χ0) is 45.9. The third-order valence-corrected chi connectivity index (χ3v) is 12.1. The Labute approximate surface area is 390 Å². The van der Waals surface area contributed by atoms with Gasteiger partial charge in [-0.15, -0.1) is 0 Å². The van der Waals surface area contributed by atoms with Crippen LogP contribution < -0.4 is 5.32 Å².